The zero-order chi connectivity index (χ0) is 15.2. The first kappa shape index (κ1) is 16.7. The Morgan fingerprint density at radius 2 is 2.10 bits per heavy atom. The third-order valence-corrected chi connectivity index (χ3v) is 2.85. The number of aromatic nitrogens is 1. The Hall–Kier alpha value is -1.34. The molecule has 0 aliphatic carbocycles. The van der Waals surface area contributed by atoms with Gasteiger partial charge in [-0.25, -0.2) is 4.98 Å². The molecule has 1 aromatic heterocycles. The molecule has 0 bridgehead atoms. The first-order chi connectivity index (χ1) is 9.37. The van der Waals surface area contributed by atoms with Crippen molar-refractivity contribution in [3.63, 3.8) is 0 Å². The lowest BCUT2D eigenvalue weighted by Gasteiger charge is -2.24. The average Bonchev–Trinajstić information content (AvgIpc) is 2.37. The van der Waals surface area contributed by atoms with E-state index >= 15 is 0 Å². The van der Waals surface area contributed by atoms with Gasteiger partial charge in [-0.15, -0.1) is 0 Å². The van der Waals surface area contributed by atoms with Crippen LogP contribution in [0, 0.1) is 0 Å². The maximum Gasteiger partial charge on any atom is 0.405 e. The van der Waals surface area contributed by atoms with Gasteiger partial charge in [0.2, 0.25) is 0 Å². The highest BCUT2D eigenvalue weighted by atomic mass is 19.4. The number of alkyl halides is 3. The first-order valence-corrected chi connectivity index (χ1v) is 6.49. The number of anilines is 1. The third-order valence-electron chi connectivity index (χ3n) is 2.85. The highest BCUT2D eigenvalue weighted by Crippen LogP contribution is 2.21. The fourth-order valence-corrected chi connectivity index (χ4v) is 1.88. The Morgan fingerprint density at radius 3 is 2.55 bits per heavy atom. The minimum absolute atomic E-state index is 0.0930. The van der Waals surface area contributed by atoms with E-state index in [1.54, 1.807) is 18.3 Å². The molecule has 0 spiro atoms. The SMILES string of the molecule is CCNC(C)c1ccc(N(CCO)CC(F)(F)F)nc1. The summed E-state index contributed by atoms with van der Waals surface area (Å²) >= 11 is 0. The molecule has 1 unspecified atom stereocenters. The van der Waals surface area contributed by atoms with E-state index in [9.17, 15) is 13.2 Å². The van der Waals surface area contributed by atoms with Crippen molar-refractivity contribution in [3.8, 4) is 0 Å². The fourth-order valence-electron chi connectivity index (χ4n) is 1.88. The lowest BCUT2D eigenvalue weighted by Crippen LogP contribution is -2.36. The summed E-state index contributed by atoms with van der Waals surface area (Å²) in [6, 6.07) is 3.39. The average molecular weight is 291 g/mol. The number of aliphatic hydroxyl groups excluding tert-OH is 1. The summed E-state index contributed by atoms with van der Waals surface area (Å²) < 4.78 is 37.4. The molecule has 0 saturated carbocycles. The van der Waals surface area contributed by atoms with E-state index in [2.05, 4.69) is 10.3 Å². The van der Waals surface area contributed by atoms with Gasteiger partial charge in [0.1, 0.15) is 12.4 Å². The number of nitrogens with one attached hydrogen (secondary N) is 1. The summed E-state index contributed by atoms with van der Waals surface area (Å²) in [5, 5.41) is 12.1. The van der Waals surface area contributed by atoms with Crippen LogP contribution in [0.5, 0.6) is 0 Å². The van der Waals surface area contributed by atoms with Crippen LogP contribution in [0.4, 0.5) is 19.0 Å². The Bertz CT molecular complexity index is 395. The van der Waals surface area contributed by atoms with E-state index < -0.39 is 12.7 Å². The smallest absolute Gasteiger partial charge is 0.395 e. The second-order valence-electron chi connectivity index (χ2n) is 4.49. The molecule has 1 aromatic rings. The number of hydrogen-bond acceptors (Lipinski definition) is 4. The molecule has 4 nitrogen and oxygen atoms in total. The Labute approximate surface area is 116 Å². The first-order valence-electron chi connectivity index (χ1n) is 6.49. The standard InChI is InChI=1S/C13H20F3N3O/c1-3-17-10(2)11-4-5-12(18-8-11)19(6-7-20)9-13(14,15)16/h4-5,8,10,17,20H,3,6-7,9H2,1-2H3. The van der Waals surface area contributed by atoms with Crippen LogP contribution in [0.25, 0.3) is 0 Å². The molecule has 0 aromatic carbocycles. The van der Waals surface area contributed by atoms with Crippen LogP contribution < -0.4 is 10.2 Å². The number of pyridine rings is 1. The second-order valence-corrected chi connectivity index (χ2v) is 4.49. The van der Waals surface area contributed by atoms with Crippen LogP contribution in [0.15, 0.2) is 18.3 Å². The highest BCUT2D eigenvalue weighted by molar-refractivity contribution is 5.40. The van der Waals surface area contributed by atoms with Gasteiger partial charge in [0.25, 0.3) is 0 Å². The summed E-state index contributed by atoms with van der Waals surface area (Å²) in [4.78, 5) is 5.08. The lowest BCUT2D eigenvalue weighted by atomic mass is 10.1. The lowest BCUT2D eigenvalue weighted by molar-refractivity contribution is -0.120. The molecule has 114 valence electrons. The molecular weight excluding hydrogens is 271 g/mol. The quantitative estimate of drug-likeness (QED) is 0.808. The topological polar surface area (TPSA) is 48.4 Å². The second kappa shape index (κ2) is 7.44. The van der Waals surface area contributed by atoms with Crippen molar-refractivity contribution in [2.75, 3.05) is 31.1 Å². The van der Waals surface area contributed by atoms with E-state index in [4.69, 9.17) is 5.11 Å². The highest BCUT2D eigenvalue weighted by Gasteiger charge is 2.31. The molecule has 0 fully saturated rings. The van der Waals surface area contributed by atoms with Crippen LogP contribution in [0.1, 0.15) is 25.5 Å². The molecule has 0 aliphatic heterocycles. The summed E-state index contributed by atoms with van der Waals surface area (Å²) in [5.41, 5.74) is 0.909. The maximum atomic E-state index is 12.5. The van der Waals surface area contributed by atoms with Gasteiger partial charge >= 0.3 is 6.18 Å². The molecule has 0 aliphatic rings. The van der Waals surface area contributed by atoms with Crippen molar-refractivity contribution in [2.45, 2.75) is 26.1 Å². The monoisotopic (exact) mass is 291 g/mol. The van der Waals surface area contributed by atoms with Gasteiger partial charge < -0.3 is 15.3 Å². The number of nitrogens with zero attached hydrogens (tertiary/aromatic N) is 2. The van der Waals surface area contributed by atoms with Gasteiger partial charge in [0, 0.05) is 18.8 Å². The predicted octanol–water partition coefficient (Wildman–Crippen LogP) is 2.11. The zero-order valence-electron chi connectivity index (χ0n) is 11.6. The Morgan fingerprint density at radius 1 is 1.40 bits per heavy atom. The van der Waals surface area contributed by atoms with Crippen molar-refractivity contribution >= 4 is 5.82 Å². The Kier molecular flexibility index (Phi) is 6.22. The molecule has 0 saturated heterocycles. The van der Waals surface area contributed by atoms with Gasteiger partial charge in [-0.2, -0.15) is 13.2 Å². The van der Waals surface area contributed by atoms with E-state index in [1.807, 2.05) is 13.8 Å². The van der Waals surface area contributed by atoms with Gasteiger partial charge in [0.15, 0.2) is 0 Å². The number of aliphatic hydroxyl groups is 1. The van der Waals surface area contributed by atoms with Crippen LogP contribution in [-0.4, -0.2) is 42.5 Å². The number of halogens is 3. The molecule has 2 N–H and O–H groups in total. The summed E-state index contributed by atoms with van der Waals surface area (Å²) in [6.07, 6.45) is -2.77. The van der Waals surface area contributed by atoms with Gasteiger partial charge in [0.05, 0.1) is 6.61 Å². The van der Waals surface area contributed by atoms with Crippen LogP contribution in [0.2, 0.25) is 0 Å². The van der Waals surface area contributed by atoms with Gasteiger partial charge in [-0.1, -0.05) is 13.0 Å². The zero-order valence-corrected chi connectivity index (χ0v) is 11.6. The summed E-state index contributed by atoms with van der Waals surface area (Å²) in [5.74, 6) is 0.212. The molecule has 7 heteroatoms. The van der Waals surface area contributed by atoms with Crippen LogP contribution in [0.3, 0.4) is 0 Å². The van der Waals surface area contributed by atoms with E-state index in [0.29, 0.717) is 0 Å². The van der Waals surface area contributed by atoms with E-state index in [-0.39, 0.29) is 25.0 Å². The summed E-state index contributed by atoms with van der Waals surface area (Å²) in [6.45, 7) is 3.16. The van der Waals surface area contributed by atoms with Gasteiger partial charge in [-0.3, -0.25) is 0 Å². The van der Waals surface area contributed by atoms with Crippen molar-refractivity contribution in [1.82, 2.24) is 10.3 Å². The number of hydrogen-bond donors (Lipinski definition) is 2. The van der Waals surface area contributed by atoms with Crippen molar-refractivity contribution in [1.29, 1.82) is 0 Å². The van der Waals surface area contributed by atoms with E-state index in [0.717, 1.165) is 17.0 Å². The fraction of sp³-hybridized carbons (Fsp3) is 0.615. The predicted molar refractivity (Wildman–Crippen MR) is 71.7 cm³/mol. The van der Waals surface area contributed by atoms with Crippen molar-refractivity contribution in [3.05, 3.63) is 23.9 Å². The van der Waals surface area contributed by atoms with Crippen LogP contribution >= 0.6 is 0 Å². The van der Waals surface area contributed by atoms with Crippen molar-refractivity contribution in [2.24, 2.45) is 0 Å². The van der Waals surface area contributed by atoms with Crippen LogP contribution in [-0.2, 0) is 0 Å². The minimum Gasteiger partial charge on any atom is -0.395 e. The molecule has 1 heterocycles. The minimum atomic E-state index is -4.33. The normalized spacial score (nSPS) is 13.3. The van der Waals surface area contributed by atoms with Gasteiger partial charge in [-0.05, 0) is 25.1 Å². The maximum absolute atomic E-state index is 12.5. The molecule has 1 atom stereocenters. The number of rotatable bonds is 7. The molecule has 20 heavy (non-hydrogen) atoms. The molecule has 0 radical (unpaired) electrons. The largest absolute Gasteiger partial charge is 0.405 e. The summed E-state index contributed by atoms with van der Waals surface area (Å²) in [7, 11) is 0. The Balaban J connectivity index is 2.82. The van der Waals surface area contributed by atoms with E-state index in [1.165, 1.54) is 0 Å². The molecule has 0 amide bonds. The third kappa shape index (κ3) is 5.34. The van der Waals surface area contributed by atoms with Crippen molar-refractivity contribution < 1.29 is 18.3 Å². The molecular formula is C13H20F3N3O. The molecule has 1 rings (SSSR count).